The molecule has 0 aliphatic carbocycles. The molecule has 0 fully saturated rings. The van der Waals surface area contributed by atoms with Crippen molar-refractivity contribution in [2.75, 3.05) is 18.2 Å². The van der Waals surface area contributed by atoms with Crippen LogP contribution in [0.3, 0.4) is 0 Å². The monoisotopic (exact) mass is 465 g/mol. The molecule has 2 aromatic carbocycles. The molecular weight excluding hydrogens is 449 g/mol. The van der Waals surface area contributed by atoms with Crippen LogP contribution >= 0.6 is 23.1 Å². The summed E-state index contributed by atoms with van der Waals surface area (Å²) in [5, 5.41) is 14.8. The van der Waals surface area contributed by atoms with E-state index in [1.165, 1.54) is 35.2 Å². The first-order valence-corrected chi connectivity index (χ1v) is 11.4. The molecule has 0 aliphatic rings. The molecule has 32 heavy (non-hydrogen) atoms. The van der Waals surface area contributed by atoms with Gasteiger partial charge in [-0.1, -0.05) is 23.9 Å². The first-order valence-electron chi connectivity index (χ1n) is 9.56. The van der Waals surface area contributed by atoms with E-state index < -0.39 is 0 Å². The van der Waals surface area contributed by atoms with E-state index in [2.05, 4.69) is 20.5 Å². The van der Waals surface area contributed by atoms with Crippen LogP contribution in [0.2, 0.25) is 0 Å². The van der Waals surface area contributed by atoms with Crippen LogP contribution in [0.25, 0.3) is 27.0 Å². The molecule has 0 saturated heterocycles. The lowest BCUT2D eigenvalue weighted by Gasteiger charge is -2.06. The second kappa shape index (κ2) is 8.56. The molecule has 0 bridgehead atoms. The van der Waals surface area contributed by atoms with Gasteiger partial charge < -0.3 is 10.1 Å². The molecule has 10 heteroatoms. The predicted molar refractivity (Wildman–Crippen MR) is 124 cm³/mol. The molecule has 0 radical (unpaired) electrons. The van der Waals surface area contributed by atoms with Crippen LogP contribution in [0.5, 0.6) is 5.75 Å². The average molecular weight is 466 g/mol. The summed E-state index contributed by atoms with van der Waals surface area (Å²) in [6, 6.07) is 13.4. The largest absolute Gasteiger partial charge is 0.497 e. The van der Waals surface area contributed by atoms with E-state index in [1.807, 2.05) is 5.38 Å². The molecule has 0 spiro atoms. The number of halogens is 1. The van der Waals surface area contributed by atoms with Crippen LogP contribution in [0, 0.1) is 5.82 Å². The summed E-state index contributed by atoms with van der Waals surface area (Å²) < 4.78 is 20.2. The smallest absolute Gasteiger partial charge is 0.234 e. The summed E-state index contributed by atoms with van der Waals surface area (Å²) in [5.74, 6) is 0.443. The van der Waals surface area contributed by atoms with Gasteiger partial charge >= 0.3 is 0 Å². The lowest BCUT2D eigenvalue weighted by atomic mass is 10.1. The van der Waals surface area contributed by atoms with Crippen molar-refractivity contribution in [3.05, 3.63) is 66.1 Å². The van der Waals surface area contributed by atoms with E-state index >= 15 is 0 Å². The molecule has 7 nitrogen and oxygen atoms in total. The van der Waals surface area contributed by atoms with Crippen LogP contribution in [-0.4, -0.2) is 38.4 Å². The van der Waals surface area contributed by atoms with Crippen molar-refractivity contribution in [3.63, 3.8) is 0 Å². The third-order valence-corrected chi connectivity index (χ3v) is 6.64. The van der Waals surface area contributed by atoms with Gasteiger partial charge in [-0.2, -0.15) is 0 Å². The summed E-state index contributed by atoms with van der Waals surface area (Å²) in [5.41, 5.74) is 3.13. The Labute approximate surface area is 190 Å². The summed E-state index contributed by atoms with van der Waals surface area (Å²) in [6.07, 6.45) is 1.66. The van der Waals surface area contributed by atoms with Crippen molar-refractivity contribution < 1.29 is 13.9 Å². The second-order valence-corrected chi connectivity index (χ2v) is 8.62. The van der Waals surface area contributed by atoms with E-state index in [1.54, 1.807) is 54.2 Å². The molecule has 3 heterocycles. The molecule has 0 unspecified atom stereocenters. The summed E-state index contributed by atoms with van der Waals surface area (Å²) in [4.78, 5) is 17.7. The number of nitrogens with zero attached hydrogens (tertiary/aromatic N) is 4. The fraction of sp³-hybridized carbons (Fsp3) is 0.0909. The molecule has 0 saturated carbocycles. The summed E-state index contributed by atoms with van der Waals surface area (Å²) >= 11 is 2.77. The zero-order chi connectivity index (χ0) is 22.1. The van der Waals surface area contributed by atoms with Gasteiger partial charge in [-0.25, -0.2) is 9.37 Å². The Hall–Kier alpha value is -3.50. The second-order valence-electron chi connectivity index (χ2n) is 6.82. The topological polar surface area (TPSA) is 81.4 Å². The zero-order valence-corrected chi connectivity index (χ0v) is 18.4. The average Bonchev–Trinajstić information content (AvgIpc) is 3.42. The number of fused-ring (bicyclic) bond motifs is 3. The highest BCUT2D eigenvalue weighted by molar-refractivity contribution is 7.99. The summed E-state index contributed by atoms with van der Waals surface area (Å²) in [6.45, 7) is 0. The quantitative estimate of drug-likeness (QED) is 0.360. The molecule has 160 valence electrons. The van der Waals surface area contributed by atoms with Gasteiger partial charge in [0.1, 0.15) is 22.7 Å². The van der Waals surface area contributed by atoms with Crippen LogP contribution < -0.4 is 10.1 Å². The Balaban J connectivity index is 1.38. The number of rotatable bonds is 6. The molecular formula is C22H16FN5O2S2. The van der Waals surface area contributed by atoms with Crippen molar-refractivity contribution >= 4 is 50.6 Å². The number of aromatic nitrogens is 4. The molecule has 0 atom stereocenters. The highest BCUT2D eigenvalue weighted by Crippen LogP contribution is 2.35. The molecule has 5 aromatic rings. The molecule has 5 rings (SSSR count). The van der Waals surface area contributed by atoms with Gasteiger partial charge in [0, 0.05) is 16.6 Å². The zero-order valence-electron chi connectivity index (χ0n) is 16.8. The number of hydrogen-bond donors (Lipinski definition) is 1. The van der Waals surface area contributed by atoms with Crippen LogP contribution in [0.4, 0.5) is 10.1 Å². The Morgan fingerprint density at radius 1 is 1.16 bits per heavy atom. The van der Waals surface area contributed by atoms with Crippen molar-refractivity contribution in [2.24, 2.45) is 0 Å². The Bertz CT molecular complexity index is 1410. The van der Waals surface area contributed by atoms with Gasteiger partial charge in [0.25, 0.3) is 0 Å². The lowest BCUT2D eigenvalue weighted by Crippen LogP contribution is -2.14. The molecule has 3 aromatic heterocycles. The maximum Gasteiger partial charge on any atom is 0.234 e. The first kappa shape index (κ1) is 20.4. The molecule has 1 N–H and O–H groups in total. The fourth-order valence-electron chi connectivity index (χ4n) is 3.26. The number of methoxy groups -OCH3 is 1. The van der Waals surface area contributed by atoms with Gasteiger partial charge in [-0.15, -0.1) is 21.5 Å². The Kier molecular flexibility index (Phi) is 5.46. The van der Waals surface area contributed by atoms with Crippen LogP contribution in [0.15, 0.2) is 65.4 Å². The van der Waals surface area contributed by atoms with Gasteiger partial charge in [-0.05, 0) is 42.0 Å². The number of amides is 1. The Morgan fingerprint density at radius 3 is 2.69 bits per heavy atom. The minimum atomic E-state index is -0.286. The van der Waals surface area contributed by atoms with Crippen molar-refractivity contribution in [1.29, 1.82) is 0 Å². The van der Waals surface area contributed by atoms with Gasteiger partial charge in [-0.3, -0.25) is 9.20 Å². The third kappa shape index (κ3) is 3.90. The van der Waals surface area contributed by atoms with Crippen molar-refractivity contribution in [3.8, 4) is 16.9 Å². The Morgan fingerprint density at radius 2 is 1.94 bits per heavy atom. The number of carbonyl (C=O) groups excluding carboxylic acids is 1. The minimum Gasteiger partial charge on any atom is -0.497 e. The number of benzene rings is 2. The number of thiophene rings is 1. The van der Waals surface area contributed by atoms with Crippen molar-refractivity contribution in [2.45, 2.75) is 5.16 Å². The van der Waals surface area contributed by atoms with Gasteiger partial charge in [0.05, 0.1) is 18.2 Å². The third-order valence-electron chi connectivity index (χ3n) is 4.81. The van der Waals surface area contributed by atoms with Crippen LogP contribution in [-0.2, 0) is 4.79 Å². The van der Waals surface area contributed by atoms with E-state index in [0.717, 1.165) is 27.1 Å². The van der Waals surface area contributed by atoms with E-state index in [0.29, 0.717) is 16.5 Å². The maximum atomic E-state index is 13.3. The number of thioether (sulfide) groups is 1. The number of ether oxygens (including phenoxy) is 1. The normalized spacial score (nSPS) is 11.2. The SMILES string of the molecule is COc1ccc(NC(=O)CSc2nnc3c4c(-c5ccc(F)cc5)csc4ncn23)cc1. The van der Waals surface area contributed by atoms with Gasteiger partial charge in [0.15, 0.2) is 10.8 Å². The highest BCUT2D eigenvalue weighted by Gasteiger charge is 2.17. The van der Waals surface area contributed by atoms with Gasteiger partial charge in [0.2, 0.25) is 5.91 Å². The number of carbonyl (C=O) groups is 1. The fourth-order valence-corrected chi connectivity index (χ4v) is 4.88. The predicted octanol–water partition coefficient (Wildman–Crippen LogP) is 4.88. The highest BCUT2D eigenvalue weighted by atomic mass is 32.2. The molecule has 1 amide bonds. The minimum absolute atomic E-state index is 0.159. The molecule has 0 aliphatic heterocycles. The maximum absolute atomic E-state index is 13.3. The number of anilines is 1. The van der Waals surface area contributed by atoms with Crippen LogP contribution in [0.1, 0.15) is 0 Å². The number of nitrogens with one attached hydrogen (secondary N) is 1. The standard InChI is InChI=1S/C22H16FN5O2S2/c1-30-16-8-6-15(7-9-16)25-18(29)11-32-22-27-26-20-19-17(13-2-4-14(23)5-3-13)10-31-21(19)24-12-28(20)22/h2-10,12H,11H2,1H3,(H,25,29). The van der Waals surface area contributed by atoms with Crippen molar-refractivity contribution in [1.82, 2.24) is 19.6 Å². The van der Waals surface area contributed by atoms with E-state index in [9.17, 15) is 9.18 Å². The van der Waals surface area contributed by atoms with E-state index in [-0.39, 0.29) is 17.5 Å². The first-order chi connectivity index (χ1) is 15.6. The number of hydrogen-bond acceptors (Lipinski definition) is 7. The summed E-state index contributed by atoms with van der Waals surface area (Å²) in [7, 11) is 1.59. The lowest BCUT2D eigenvalue weighted by molar-refractivity contribution is -0.113. The van der Waals surface area contributed by atoms with E-state index in [4.69, 9.17) is 4.74 Å².